The highest BCUT2D eigenvalue weighted by Crippen LogP contribution is 2.04. The molecule has 0 aliphatic rings. The van der Waals surface area contributed by atoms with Gasteiger partial charge in [0.15, 0.2) is 0 Å². The summed E-state index contributed by atoms with van der Waals surface area (Å²) in [4.78, 5) is 8.36. The molecule has 0 aliphatic heterocycles. The number of aryl methyl sites for hydroxylation is 2. The molecule has 70 valence electrons. The molecule has 2 rings (SSSR count). The smallest absolute Gasteiger partial charge is 0.233 e. The second-order valence-electron chi connectivity index (χ2n) is 2.64. The molecule has 0 N–H and O–H groups in total. The number of imidazole rings is 1. The number of nitrogens with zero attached hydrogens (tertiary/aromatic N) is 3. The van der Waals surface area contributed by atoms with Gasteiger partial charge >= 0.3 is 0 Å². The Morgan fingerprint density at radius 3 is 2.62 bits per heavy atom. The third-order valence-corrected chi connectivity index (χ3v) is 1.82. The third-order valence-electron chi connectivity index (χ3n) is 1.82. The van der Waals surface area contributed by atoms with Crippen molar-refractivity contribution in [1.29, 1.82) is 0 Å². The van der Waals surface area contributed by atoms with E-state index in [0.29, 0.717) is 0 Å². The van der Waals surface area contributed by atoms with Gasteiger partial charge in [-0.1, -0.05) is 13.8 Å². The van der Waals surface area contributed by atoms with Gasteiger partial charge in [0.1, 0.15) is 0 Å². The number of hydrogen-bond donors (Lipinski definition) is 0. The number of fused-ring (bicyclic) bond motifs is 1. The van der Waals surface area contributed by atoms with E-state index < -0.39 is 0 Å². The minimum absolute atomic E-state index is 0.771. The van der Waals surface area contributed by atoms with Crippen molar-refractivity contribution in [2.75, 3.05) is 0 Å². The number of aromatic nitrogens is 3. The number of rotatable bonds is 0. The molecule has 0 aliphatic carbocycles. The molecule has 0 unspecified atom stereocenters. The Kier molecular flexibility index (Phi) is 3.01. The van der Waals surface area contributed by atoms with Crippen LogP contribution >= 0.6 is 0 Å². The maximum atomic E-state index is 4.29. The summed E-state index contributed by atoms with van der Waals surface area (Å²) < 4.78 is 1.92. The van der Waals surface area contributed by atoms with Crippen molar-refractivity contribution in [1.82, 2.24) is 14.4 Å². The van der Waals surface area contributed by atoms with Crippen LogP contribution < -0.4 is 0 Å². The second-order valence-corrected chi connectivity index (χ2v) is 2.64. The average Bonchev–Trinajstić information content (AvgIpc) is 2.56. The van der Waals surface area contributed by atoms with Crippen molar-refractivity contribution in [3.05, 3.63) is 29.8 Å². The Bertz CT molecular complexity index is 354. The van der Waals surface area contributed by atoms with Gasteiger partial charge in [-0.25, -0.2) is 9.97 Å². The van der Waals surface area contributed by atoms with E-state index in [2.05, 4.69) is 9.97 Å². The molecule has 0 amide bonds. The molecule has 3 heteroatoms. The summed E-state index contributed by atoms with van der Waals surface area (Å²) in [5.74, 6) is 0.771. The summed E-state index contributed by atoms with van der Waals surface area (Å²) in [5.41, 5.74) is 2.24. The quantitative estimate of drug-likeness (QED) is 0.618. The zero-order valence-electron chi connectivity index (χ0n) is 8.57. The van der Waals surface area contributed by atoms with Gasteiger partial charge in [-0.3, -0.25) is 4.40 Å². The first-order valence-electron chi connectivity index (χ1n) is 4.54. The predicted molar refractivity (Wildman–Crippen MR) is 53.8 cm³/mol. The Hall–Kier alpha value is -1.38. The van der Waals surface area contributed by atoms with Gasteiger partial charge in [-0.05, 0) is 19.4 Å². The Morgan fingerprint density at radius 2 is 1.92 bits per heavy atom. The molecule has 13 heavy (non-hydrogen) atoms. The Labute approximate surface area is 78.5 Å². The van der Waals surface area contributed by atoms with E-state index in [1.807, 2.05) is 44.5 Å². The van der Waals surface area contributed by atoms with Crippen LogP contribution in [0.1, 0.15) is 25.1 Å². The van der Waals surface area contributed by atoms with Gasteiger partial charge in [0.2, 0.25) is 5.78 Å². The lowest BCUT2D eigenvalue weighted by Gasteiger charge is -1.98. The lowest BCUT2D eigenvalue weighted by molar-refractivity contribution is 1.04. The SMILES string of the molecule is CC.Cc1cn2ccnc2nc1C. The van der Waals surface area contributed by atoms with Crippen LogP contribution in [0.2, 0.25) is 0 Å². The molecule has 0 bridgehead atoms. The van der Waals surface area contributed by atoms with Crippen molar-refractivity contribution in [3.8, 4) is 0 Å². The van der Waals surface area contributed by atoms with Gasteiger partial charge in [0.25, 0.3) is 0 Å². The minimum Gasteiger partial charge on any atom is -0.291 e. The van der Waals surface area contributed by atoms with Gasteiger partial charge in [-0.2, -0.15) is 0 Å². The first-order chi connectivity index (χ1) is 6.27. The molecule has 2 aromatic heterocycles. The van der Waals surface area contributed by atoms with Crippen LogP contribution in [0.15, 0.2) is 18.6 Å². The molecule has 2 aromatic rings. The van der Waals surface area contributed by atoms with Crippen molar-refractivity contribution in [2.45, 2.75) is 27.7 Å². The highest BCUT2D eigenvalue weighted by molar-refractivity contribution is 5.31. The van der Waals surface area contributed by atoms with Crippen LogP contribution in [-0.2, 0) is 0 Å². The van der Waals surface area contributed by atoms with Gasteiger partial charge in [-0.15, -0.1) is 0 Å². The second kappa shape index (κ2) is 4.03. The van der Waals surface area contributed by atoms with Crippen LogP contribution in [-0.4, -0.2) is 14.4 Å². The van der Waals surface area contributed by atoms with Crippen molar-refractivity contribution < 1.29 is 0 Å². The summed E-state index contributed by atoms with van der Waals surface area (Å²) in [6, 6.07) is 0. The summed E-state index contributed by atoms with van der Waals surface area (Å²) in [6.07, 6.45) is 5.68. The minimum atomic E-state index is 0.771. The molecule has 0 atom stereocenters. The molecular weight excluding hydrogens is 162 g/mol. The molecule has 0 fully saturated rings. The Morgan fingerprint density at radius 1 is 1.23 bits per heavy atom. The van der Waals surface area contributed by atoms with E-state index in [-0.39, 0.29) is 0 Å². The molecule has 0 aromatic carbocycles. The van der Waals surface area contributed by atoms with Crippen LogP contribution in [0.5, 0.6) is 0 Å². The summed E-state index contributed by atoms with van der Waals surface area (Å²) in [7, 11) is 0. The largest absolute Gasteiger partial charge is 0.291 e. The van der Waals surface area contributed by atoms with E-state index >= 15 is 0 Å². The average molecular weight is 177 g/mol. The van der Waals surface area contributed by atoms with E-state index in [0.717, 1.165) is 11.5 Å². The zero-order chi connectivity index (χ0) is 9.84. The fourth-order valence-electron chi connectivity index (χ4n) is 1.03. The highest BCUT2D eigenvalue weighted by Gasteiger charge is 1.97. The molecule has 0 radical (unpaired) electrons. The Balaban J connectivity index is 0.000000396. The van der Waals surface area contributed by atoms with Crippen molar-refractivity contribution >= 4 is 5.78 Å². The van der Waals surface area contributed by atoms with Crippen LogP contribution in [0, 0.1) is 13.8 Å². The molecule has 0 saturated carbocycles. The van der Waals surface area contributed by atoms with Crippen LogP contribution in [0.3, 0.4) is 0 Å². The van der Waals surface area contributed by atoms with Crippen LogP contribution in [0.25, 0.3) is 5.78 Å². The van der Waals surface area contributed by atoms with Crippen LogP contribution in [0.4, 0.5) is 0 Å². The standard InChI is InChI=1S/C8H9N3.C2H6/c1-6-5-11-4-3-9-8(11)10-7(6)2;1-2/h3-5H,1-2H3;1-2H3. The van der Waals surface area contributed by atoms with E-state index in [4.69, 9.17) is 0 Å². The van der Waals surface area contributed by atoms with Gasteiger partial charge in [0, 0.05) is 24.3 Å². The summed E-state index contributed by atoms with van der Waals surface area (Å²) >= 11 is 0. The number of hydrogen-bond acceptors (Lipinski definition) is 2. The first kappa shape index (κ1) is 9.71. The van der Waals surface area contributed by atoms with Gasteiger partial charge in [0.05, 0.1) is 0 Å². The summed E-state index contributed by atoms with van der Waals surface area (Å²) in [6.45, 7) is 8.03. The van der Waals surface area contributed by atoms with Crippen molar-refractivity contribution in [2.24, 2.45) is 0 Å². The molecule has 2 heterocycles. The van der Waals surface area contributed by atoms with Gasteiger partial charge < -0.3 is 0 Å². The predicted octanol–water partition coefficient (Wildman–Crippen LogP) is 2.37. The maximum Gasteiger partial charge on any atom is 0.233 e. The molecule has 3 nitrogen and oxygen atoms in total. The highest BCUT2D eigenvalue weighted by atomic mass is 15.1. The monoisotopic (exact) mass is 177 g/mol. The maximum absolute atomic E-state index is 4.29. The lowest BCUT2D eigenvalue weighted by atomic mass is 10.3. The molecular formula is C10H15N3. The fourth-order valence-corrected chi connectivity index (χ4v) is 1.03. The lowest BCUT2D eigenvalue weighted by Crippen LogP contribution is -1.93. The van der Waals surface area contributed by atoms with E-state index in [1.54, 1.807) is 6.20 Å². The zero-order valence-corrected chi connectivity index (χ0v) is 8.57. The summed E-state index contributed by atoms with van der Waals surface area (Å²) in [5, 5.41) is 0. The van der Waals surface area contributed by atoms with E-state index in [1.165, 1.54) is 5.56 Å². The van der Waals surface area contributed by atoms with E-state index in [9.17, 15) is 0 Å². The first-order valence-corrected chi connectivity index (χ1v) is 4.54. The topological polar surface area (TPSA) is 30.2 Å². The van der Waals surface area contributed by atoms with Crippen molar-refractivity contribution in [3.63, 3.8) is 0 Å². The fraction of sp³-hybridized carbons (Fsp3) is 0.400. The third kappa shape index (κ3) is 1.86. The molecule has 0 saturated heterocycles. The normalized spacial score (nSPS) is 9.54. The molecule has 0 spiro atoms.